The number of amides is 1. The van der Waals surface area contributed by atoms with Crippen molar-refractivity contribution in [3.05, 3.63) is 59.3 Å². The van der Waals surface area contributed by atoms with Crippen LogP contribution in [0.3, 0.4) is 0 Å². The van der Waals surface area contributed by atoms with Crippen LogP contribution < -0.4 is 10.1 Å². The highest BCUT2D eigenvalue weighted by Gasteiger charge is 2.31. The average molecular weight is 382 g/mol. The summed E-state index contributed by atoms with van der Waals surface area (Å²) in [5.74, 6) is -1.32. The molecule has 27 heavy (non-hydrogen) atoms. The summed E-state index contributed by atoms with van der Waals surface area (Å²) in [6.45, 7) is 0. The Bertz CT molecular complexity index is 824. The van der Waals surface area contributed by atoms with Gasteiger partial charge in [-0.25, -0.2) is 9.78 Å². The summed E-state index contributed by atoms with van der Waals surface area (Å²) in [6.07, 6.45) is -3.09. The van der Waals surface area contributed by atoms with Crippen molar-refractivity contribution < 1.29 is 32.2 Å². The van der Waals surface area contributed by atoms with E-state index in [4.69, 9.17) is 4.74 Å². The van der Waals surface area contributed by atoms with Crippen molar-refractivity contribution in [3.8, 4) is 5.88 Å². The molecule has 1 N–H and O–H groups in total. The first-order valence-corrected chi connectivity index (χ1v) is 7.80. The zero-order chi connectivity index (χ0) is 20.0. The first-order valence-electron chi connectivity index (χ1n) is 7.80. The summed E-state index contributed by atoms with van der Waals surface area (Å²) in [5.41, 5.74) is -0.657. The molecule has 144 valence electrons. The number of methoxy groups -OCH3 is 2. The number of nitrogens with zero attached hydrogens (tertiary/aromatic N) is 1. The lowest BCUT2D eigenvalue weighted by Crippen LogP contribution is -2.43. The van der Waals surface area contributed by atoms with Crippen molar-refractivity contribution in [1.82, 2.24) is 10.3 Å². The standard InChI is InChI=1S/C18H17F3N2O4/c1-26-16-12(6-4-8-22-16)10-14(17(25)27-2)23-15(24)11-5-3-7-13(9-11)18(19,20)21/h3-9,14H,10H2,1-2H3,(H,23,24)/t14-/m0/s1. The molecule has 0 saturated heterocycles. The molecule has 0 spiro atoms. The van der Waals surface area contributed by atoms with Crippen LogP contribution in [-0.4, -0.2) is 37.1 Å². The Kier molecular flexibility index (Phi) is 6.38. The predicted octanol–water partition coefficient (Wildman–Crippen LogP) is 2.62. The predicted molar refractivity (Wildman–Crippen MR) is 89.2 cm³/mol. The fourth-order valence-electron chi connectivity index (χ4n) is 2.40. The van der Waals surface area contributed by atoms with Crippen molar-refractivity contribution >= 4 is 11.9 Å². The van der Waals surface area contributed by atoms with E-state index in [-0.39, 0.29) is 17.9 Å². The first kappa shape index (κ1) is 20.2. The van der Waals surface area contributed by atoms with Gasteiger partial charge in [0.05, 0.1) is 19.8 Å². The van der Waals surface area contributed by atoms with Crippen molar-refractivity contribution in [3.63, 3.8) is 0 Å². The molecule has 0 aliphatic rings. The highest BCUT2D eigenvalue weighted by molar-refractivity contribution is 5.97. The Hall–Kier alpha value is -3.10. The third-order valence-corrected chi connectivity index (χ3v) is 3.71. The van der Waals surface area contributed by atoms with Gasteiger partial charge in [-0.2, -0.15) is 13.2 Å². The van der Waals surface area contributed by atoms with Crippen LogP contribution in [0.4, 0.5) is 13.2 Å². The molecule has 6 nitrogen and oxygen atoms in total. The van der Waals surface area contributed by atoms with Gasteiger partial charge in [-0.05, 0) is 24.3 Å². The van der Waals surface area contributed by atoms with Gasteiger partial charge < -0.3 is 14.8 Å². The molecule has 1 heterocycles. The number of nitrogens with one attached hydrogen (secondary N) is 1. The van der Waals surface area contributed by atoms with Crippen LogP contribution in [0.25, 0.3) is 0 Å². The summed E-state index contributed by atoms with van der Waals surface area (Å²) in [6, 6.07) is 6.07. The second-order valence-electron chi connectivity index (χ2n) is 5.50. The maximum atomic E-state index is 12.8. The summed E-state index contributed by atoms with van der Waals surface area (Å²) in [4.78, 5) is 28.4. The number of rotatable bonds is 6. The van der Waals surface area contributed by atoms with Gasteiger partial charge in [-0.1, -0.05) is 12.1 Å². The third-order valence-electron chi connectivity index (χ3n) is 3.71. The van der Waals surface area contributed by atoms with Crippen LogP contribution in [-0.2, 0) is 22.1 Å². The lowest BCUT2D eigenvalue weighted by molar-refractivity contribution is -0.143. The Morgan fingerprint density at radius 1 is 1.19 bits per heavy atom. The first-order chi connectivity index (χ1) is 12.8. The van der Waals surface area contributed by atoms with E-state index in [2.05, 4.69) is 15.0 Å². The molecule has 1 amide bonds. The fourth-order valence-corrected chi connectivity index (χ4v) is 2.40. The molecule has 0 aliphatic heterocycles. The molecule has 1 aromatic carbocycles. The Labute approximate surface area is 153 Å². The molecule has 0 aliphatic carbocycles. The number of hydrogen-bond donors (Lipinski definition) is 1. The number of halogens is 3. The lowest BCUT2D eigenvalue weighted by atomic mass is 10.1. The number of benzene rings is 1. The second kappa shape index (κ2) is 8.52. The minimum atomic E-state index is -4.58. The van der Waals surface area contributed by atoms with Gasteiger partial charge in [0.1, 0.15) is 6.04 Å². The van der Waals surface area contributed by atoms with Gasteiger partial charge in [0, 0.05) is 23.7 Å². The number of carbonyl (C=O) groups is 2. The summed E-state index contributed by atoms with van der Waals surface area (Å²) < 4.78 is 48.2. The number of pyridine rings is 1. The number of carbonyl (C=O) groups excluding carboxylic acids is 2. The number of hydrogen-bond acceptors (Lipinski definition) is 5. The minimum absolute atomic E-state index is 0.00557. The van der Waals surface area contributed by atoms with Crippen LogP contribution in [0.2, 0.25) is 0 Å². The topological polar surface area (TPSA) is 77.5 Å². The molecule has 2 aromatic rings. The van der Waals surface area contributed by atoms with Crippen LogP contribution in [0.5, 0.6) is 5.88 Å². The van der Waals surface area contributed by atoms with Crippen LogP contribution in [0.1, 0.15) is 21.5 Å². The summed E-state index contributed by atoms with van der Waals surface area (Å²) in [5, 5.41) is 2.40. The molecule has 9 heteroatoms. The van der Waals surface area contributed by atoms with E-state index in [1.807, 2.05) is 0 Å². The van der Waals surface area contributed by atoms with Gasteiger partial charge >= 0.3 is 12.1 Å². The third kappa shape index (κ3) is 5.19. The van der Waals surface area contributed by atoms with E-state index in [1.165, 1.54) is 19.4 Å². The molecular formula is C18H17F3N2O4. The van der Waals surface area contributed by atoms with E-state index in [0.717, 1.165) is 19.2 Å². The molecule has 0 unspecified atom stereocenters. The number of alkyl halides is 3. The van der Waals surface area contributed by atoms with Gasteiger partial charge in [0.15, 0.2) is 0 Å². The van der Waals surface area contributed by atoms with E-state index in [9.17, 15) is 22.8 Å². The van der Waals surface area contributed by atoms with Crippen molar-refractivity contribution in [2.75, 3.05) is 14.2 Å². The van der Waals surface area contributed by atoms with E-state index >= 15 is 0 Å². The smallest absolute Gasteiger partial charge is 0.416 e. The van der Waals surface area contributed by atoms with Crippen LogP contribution >= 0.6 is 0 Å². The lowest BCUT2D eigenvalue weighted by Gasteiger charge is -2.18. The fraction of sp³-hybridized carbons (Fsp3) is 0.278. The van der Waals surface area contributed by atoms with Crippen LogP contribution in [0, 0.1) is 0 Å². The highest BCUT2D eigenvalue weighted by atomic mass is 19.4. The molecule has 1 atom stereocenters. The molecule has 1 aromatic heterocycles. The van der Waals surface area contributed by atoms with E-state index in [1.54, 1.807) is 12.1 Å². The monoisotopic (exact) mass is 382 g/mol. The molecule has 0 radical (unpaired) electrons. The Morgan fingerprint density at radius 2 is 1.93 bits per heavy atom. The van der Waals surface area contributed by atoms with Crippen LogP contribution in [0.15, 0.2) is 42.6 Å². The normalized spacial score (nSPS) is 12.2. The average Bonchev–Trinajstić information content (AvgIpc) is 2.66. The number of aromatic nitrogens is 1. The molecule has 2 rings (SSSR count). The van der Waals surface area contributed by atoms with E-state index < -0.39 is 29.7 Å². The zero-order valence-electron chi connectivity index (χ0n) is 14.5. The SMILES string of the molecule is COC(=O)[C@H](Cc1cccnc1OC)NC(=O)c1cccc(C(F)(F)F)c1. The van der Waals surface area contributed by atoms with Crippen molar-refractivity contribution in [1.29, 1.82) is 0 Å². The van der Waals surface area contributed by atoms with Gasteiger partial charge in [-0.3, -0.25) is 4.79 Å². The summed E-state index contributed by atoms with van der Waals surface area (Å²) >= 11 is 0. The molecule has 0 fully saturated rings. The molecular weight excluding hydrogens is 365 g/mol. The Balaban J connectivity index is 2.23. The molecule has 0 bridgehead atoms. The Morgan fingerprint density at radius 3 is 2.56 bits per heavy atom. The highest BCUT2D eigenvalue weighted by Crippen LogP contribution is 2.29. The van der Waals surface area contributed by atoms with Gasteiger partial charge in [0.2, 0.25) is 5.88 Å². The van der Waals surface area contributed by atoms with Gasteiger partial charge in [0.25, 0.3) is 5.91 Å². The minimum Gasteiger partial charge on any atom is -0.481 e. The molecule has 0 saturated carbocycles. The number of ether oxygens (including phenoxy) is 2. The zero-order valence-corrected chi connectivity index (χ0v) is 14.5. The van der Waals surface area contributed by atoms with E-state index in [0.29, 0.717) is 11.6 Å². The largest absolute Gasteiger partial charge is 0.481 e. The maximum absolute atomic E-state index is 12.8. The van der Waals surface area contributed by atoms with Gasteiger partial charge in [-0.15, -0.1) is 0 Å². The second-order valence-corrected chi connectivity index (χ2v) is 5.50. The maximum Gasteiger partial charge on any atom is 0.416 e. The van der Waals surface area contributed by atoms with Crippen molar-refractivity contribution in [2.45, 2.75) is 18.6 Å². The van der Waals surface area contributed by atoms with Crippen molar-refractivity contribution in [2.24, 2.45) is 0 Å². The summed E-state index contributed by atoms with van der Waals surface area (Å²) in [7, 11) is 2.55. The number of esters is 1. The quantitative estimate of drug-likeness (QED) is 0.778.